The van der Waals surface area contributed by atoms with Gasteiger partial charge in [-0.1, -0.05) is 18.2 Å². The Hall–Kier alpha value is -3.91. The van der Waals surface area contributed by atoms with E-state index in [-0.39, 0.29) is 5.11 Å². The molecule has 0 bridgehead atoms. The quantitative estimate of drug-likeness (QED) is 0.304. The highest BCUT2D eigenvalue weighted by Crippen LogP contribution is 2.16. The number of hydrogen-bond acceptors (Lipinski definition) is 6. The van der Waals surface area contributed by atoms with Crippen LogP contribution in [0, 0.1) is 0 Å². The smallest absolute Gasteiger partial charge is 0.337 e. The van der Waals surface area contributed by atoms with Crippen molar-refractivity contribution < 1.29 is 23.8 Å². The third-order valence-corrected chi connectivity index (χ3v) is 4.48. The maximum Gasteiger partial charge on any atom is 0.337 e. The maximum absolute atomic E-state index is 12.3. The van der Waals surface area contributed by atoms with E-state index >= 15 is 0 Å². The van der Waals surface area contributed by atoms with Crippen LogP contribution < -0.4 is 20.1 Å². The number of esters is 1. The number of thiocarbonyl (C=S) groups is 1. The fourth-order valence-corrected chi connectivity index (χ4v) is 2.89. The van der Waals surface area contributed by atoms with Crippen molar-refractivity contribution in [2.24, 2.45) is 0 Å². The monoisotopic (exact) mass is 450 g/mol. The molecule has 2 N–H and O–H groups in total. The highest BCUT2D eigenvalue weighted by Gasteiger charge is 2.10. The van der Waals surface area contributed by atoms with Gasteiger partial charge in [0.25, 0.3) is 5.91 Å². The molecule has 32 heavy (non-hydrogen) atoms. The van der Waals surface area contributed by atoms with Crippen molar-refractivity contribution in [2.45, 2.75) is 0 Å². The van der Waals surface area contributed by atoms with Crippen molar-refractivity contribution in [3.8, 4) is 11.5 Å². The summed E-state index contributed by atoms with van der Waals surface area (Å²) in [6.07, 6.45) is 0. The topological polar surface area (TPSA) is 85.9 Å². The second kappa shape index (κ2) is 11.5. The Balaban J connectivity index is 1.42. The van der Waals surface area contributed by atoms with Gasteiger partial charge >= 0.3 is 5.97 Å². The Labute approximate surface area is 191 Å². The first-order valence-electron chi connectivity index (χ1n) is 9.76. The lowest BCUT2D eigenvalue weighted by molar-refractivity contribution is 0.0600. The number of amides is 1. The number of methoxy groups -OCH3 is 1. The summed E-state index contributed by atoms with van der Waals surface area (Å²) in [5, 5.41) is 5.69. The van der Waals surface area contributed by atoms with Gasteiger partial charge in [0.1, 0.15) is 24.7 Å². The van der Waals surface area contributed by atoms with Crippen LogP contribution in [0.5, 0.6) is 11.5 Å². The molecule has 0 aliphatic carbocycles. The van der Waals surface area contributed by atoms with Crippen molar-refractivity contribution in [3.63, 3.8) is 0 Å². The van der Waals surface area contributed by atoms with Crippen LogP contribution in [0.3, 0.4) is 0 Å². The predicted molar refractivity (Wildman–Crippen MR) is 125 cm³/mol. The predicted octanol–water partition coefficient (Wildman–Crippen LogP) is 4.06. The minimum absolute atomic E-state index is 0.150. The fourth-order valence-electron chi connectivity index (χ4n) is 2.68. The molecular weight excluding hydrogens is 428 g/mol. The highest BCUT2D eigenvalue weighted by atomic mass is 32.1. The summed E-state index contributed by atoms with van der Waals surface area (Å²) in [6, 6.07) is 22.8. The summed E-state index contributed by atoms with van der Waals surface area (Å²) in [5.41, 5.74) is 1.42. The van der Waals surface area contributed by atoms with Crippen LogP contribution in [0.2, 0.25) is 0 Å². The summed E-state index contributed by atoms with van der Waals surface area (Å²) in [5.74, 6) is 0.626. The van der Waals surface area contributed by atoms with E-state index < -0.39 is 11.9 Å². The molecule has 0 aromatic heterocycles. The molecule has 8 heteroatoms. The van der Waals surface area contributed by atoms with Gasteiger partial charge in [-0.05, 0) is 72.9 Å². The molecule has 0 atom stereocenters. The van der Waals surface area contributed by atoms with Crippen molar-refractivity contribution in [3.05, 3.63) is 90.0 Å². The van der Waals surface area contributed by atoms with Crippen molar-refractivity contribution in [2.75, 3.05) is 25.6 Å². The van der Waals surface area contributed by atoms with Gasteiger partial charge in [0.15, 0.2) is 5.11 Å². The van der Waals surface area contributed by atoms with Crippen LogP contribution in [0.25, 0.3) is 0 Å². The minimum atomic E-state index is -0.467. The molecule has 0 fully saturated rings. The molecule has 1 amide bonds. The van der Waals surface area contributed by atoms with Crippen LogP contribution >= 0.6 is 12.2 Å². The number of hydrogen-bond donors (Lipinski definition) is 2. The van der Waals surface area contributed by atoms with E-state index in [1.165, 1.54) is 31.4 Å². The van der Waals surface area contributed by atoms with Gasteiger partial charge in [-0.15, -0.1) is 0 Å². The molecule has 0 radical (unpaired) electrons. The first-order valence-corrected chi connectivity index (χ1v) is 10.2. The number of benzene rings is 3. The number of para-hydroxylation sites is 1. The maximum atomic E-state index is 12.3. The van der Waals surface area contributed by atoms with E-state index in [0.29, 0.717) is 35.8 Å². The van der Waals surface area contributed by atoms with Crippen LogP contribution in [0.1, 0.15) is 20.7 Å². The van der Waals surface area contributed by atoms with Gasteiger partial charge in [0, 0.05) is 11.3 Å². The Kier molecular flexibility index (Phi) is 8.16. The highest BCUT2D eigenvalue weighted by molar-refractivity contribution is 7.80. The minimum Gasteiger partial charge on any atom is -0.490 e. The van der Waals surface area contributed by atoms with Gasteiger partial charge in [-0.25, -0.2) is 4.79 Å². The summed E-state index contributed by atoms with van der Waals surface area (Å²) in [4.78, 5) is 23.8. The zero-order valence-electron chi connectivity index (χ0n) is 17.4. The molecule has 0 aliphatic rings. The number of anilines is 1. The summed E-state index contributed by atoms with van der Waals surface area (Å²) in [7, 11) is 1.30. The van der Waals surface area contributed by atoms with Gasteiger partial charge in [-0.3, -0.25) is 10.1 Å². The lowest BCUT2D eigenvalue weighted by Gasteiger charge is -2.11. The number of ether oxygens (including phenoxy) is 3. The Morgan fingerprint density at radius 3 is 1.94 bits per heavy atom. The molecule has 0 spiro atoms. The summed E-state index contributed by atoms with van der Waals surface area (Å²) < 4.78 is 15.9. The zero-order chi connectivity index (χ0) is 22.8. The van der Waals surface area contributed by atoms with Crippen molar-refractivity contribution >= 4 is 34.9 Å². The number of nitrogens with one attached hydrogen (secondary N) is 2. The van der Waals surface area contributed by atoms with Gasteiger partial charge in [0.2, 0.25) is 0 Å². The summed E-state index contributed by atoms with van der Waals surface area (Å²) >= 11 is 5.20. The molecule has 0 aliphatic heterocycles. The third kappa shape index (κ3) is 6.82. The fraction of sp³-hybridized carbons (Fsp3) is 0.125. The SMILES string of the molecule is COC(=O)c1ccc(C(=O)NC(=S)Nc2ccc(OCCOc3ccccc3)cc2)cc1. The largest absolute Gasteiger partial charge is 0.490 e. The molecule has 7 nitrogen and oxygen atoms in total. The molecule has 0 unspecified atom stereocenters. The molecule has 164 valence electrons. The van der Waals surface area contributed by atoms with E-state index in [0.717, 1.165) is 5.75 Å². The Bertz CT molecular complexity index is 1050. The number of carbonyl (C=O) groups excluding carboxylic acids is 2. The van der Waals surface area contributed by atoms with Crippen molar-refractivity contribution in [1.29, 1.82) is 0 Å². The zero-order valence-corrected chi connectivity index (χ0v) is 18.2. The van der Waals surface area contributed by atoms with Gasteiger partial charge < -0.3 is 19.5 Å². The molecule has 3 aromatic carbocycles. The molecule has 0 saturated heterocycles. The molecule has 3 aromatic rings. The Morgan fingerprint density at radius 2 is 1.34 bits per heavy atom. The standard InChI is InChI=1S/C24H22N2O5S/c1-29-23(28)18-9-7-17(8-10-18)22(27)26-24(32)25-19-11-13-21(14-12-19)31-16-15-30-20-5-3-2-4-6-20/h2-14H,15-16H2,1H3,(H2,25,26,27,32). The number of rotatable bonds is 8. The van der Waals surface area contributed by atoms with E-state index in [1.807, 2.05) is 30.3 Å². The van der Waals surface area contributed by atoms with Crippen LogP contribution in [0.4, 0.5) is 5.69 Å². The van der Waals surface area contributed by atoms with Crippen LogP contribution in [0.15, 0.2) is 78.9 Å². The average molecular weight is 451 g/mol. The van der Waals surface area contributed by atoms with E-state index in [9.17, 15) is 9.59 Å². The van der Waals surface area contributed by atoms with E-state index in [4.69, 9.17) is 21.7 Å². The molecule has 3 rings (SSSR count). The van der Waals surface area contributed by atoms with Gasteiger partial charge in [0.05, 0.1) is 12.7 Å². The molecule has 0 saturated carbocycles. The van der Waals surface area contributed by atoms with Crippen LogP contribution in [-0.4, -0.2) is 37.3 Å². The first kappa shape index (κ1) is 22.8. The van der Waals surface area contributed by atoms with E-state index in [2.05, 4.69) is 15.4 Å². The lowest BCUT2D eigenvalue weighted by Crippen LogP contribution is -2.34. The van der Waals surface area contributed by atoms with E-state index in [1.54, 1.807) is 24.3 Å². The third-order valence-electron chi connectivity index (χ3n) is 4.27. The van der Waals surface area contributed by atoms with Crippen LogP contribution in [-0.2, 0) is 4.74 Å². The second-order valence-corrected chi connectivity index (χ2v) is 6.92. The lowest BCUT2D eigenvalue weighted by atomic mass is 10.1. The molecule has 0 heterocycles. The second-order valence-electron chi connectivity index (χ2n) is 6.51. The molecular formula is C24H22N2O5S. The Morgan fingerprint density at radius 1 is 0.781 bits per heavy atom. The number of carbonyl (C=O) groups is 2. The normalized spacial score (nSPS) is 10.0. The summed E-state index contributed by atoms with van der Waals surface area (Å²) in [6.45, 7) is 0.839. The average Bonchev–Trinajstić information content (AvgIpc) is 2.83. The van der Waals surface area contributed by atoms with Gasteiger partial charge in [-0.2, -0.15) is 0 Å². The first-order chi connectivity index (χ1) is 15.5. The van der Waals surface area contributed by atoms with Crippen molar-refractivity contribution in [1.82, 2.24) is 5.32 Å².